The number of rotatable bonds is 10. The first-order valence-corrected chi connectivity index (χ1v) is 13.8. The van der Waals surface area contributed by atoms with Crippen LogP contribution in [-0.2, 0) is 14.8 Å². The van der Waals surface area contributed by atoms with Crippen LogP contribution in [0, 0.1) is 12.8 Å². The second-order valence-corrected chi connectivity index (χ2v) is 11.6. The van der Waals surface area contributed by atoms with Crippen molar-refractivity contribution in [2.75, 3.05) is 26.2 Å². The number of carbonyl (C=O) groups is 1. The fourth-order valence-electron chi connectivity index (χ4n) is 4.99. The number of piperidine rings is 1. The highest BCUT2D eigenvalue weighted by molar-refractivity contribution is 7.89. The molecule has 1 aromatic rings. The van der Waals surface area contributed by atoms with Gasteiger partial charge in [0.25, 0.3) is 0 Å². The van der Waals surface area contributed by atoms with Crippen molar-refractivity contribution in [3.63, 3.8) is 0 Å². The van der Waals surface area contributed by atoms with E-state index in [0.29, 0.717) is 36.7 Å². The Kier molecular flexibility index (Phi) is 8.39. The van der Waals surface area contributed by atoms with E-state index in [-0.39, 0.29) is 24.0 Å². The lowest BCUT2D eigenvalue weighted by Crippen LogP contribution is -2.54. The van der Waals surface area contributed by atoms with Crippen LogP contribution in [0.4, 0.5) is 0 Å². The standard InChI is InChI=1S/C25H41N3O3S/c1-6-26(7-2)24(17-19(3)4)25(29)27-15-13-22(14-16-27)28(21-11-12-21)32(30,31)23-10-8-9-20(5)18-23/h8-10,18-19,21-22,24H,6-7,11-17H2,1-5H3/t24-/m0/s1. The fraction of sp³-hybridized carbons (Fsp3) is 0.720. The molecule has 2 fully saturated rings. The Morgan fingerprint density at radius 3 is 2.16 bits per heavy atom. The molecule has 0 unspecified atom stereocenters. The summed E-state index contributed by atoms with van der Waals surface area (Å²) in [5, 5.41) is 0. The Bertz CT molecular complexity index is 870. The van der Waals surface area contributed by atoms with Crippen LogP contribution < -0.4 is 0 Å². The van der Waals surface area contributed by atoms with E-state index in [4.69, 9.17) is 0 Å². The predicted molar refractivity (Wildman–Crippen MR) is 129 cm³/mol. The lowest BCUT2D eigenvalue weighted by atomic mass is 9.98. The van der Waals surface area contributed by atoms with Gasteiger partial charge in [-0.1, -0.05) is 39.8 Å². The molecule has 0 spiro atoms. The zero-order valence-corrected chi connectivity index (χ0v) is 21.3. The number of aryl methyl sites for hydroxylation is 1. The highest BCUT2D eigenvalue weighted by Gasteiger charge is 2.44. The minimum absolute atomic E-state index is 0.0333. The number of amides is 1. The Labute approximate surface area is 195 Å². The molecular formula is C25H41N3O3S. The summed E-state index contributed by atoms with van der Waals surface area (Å²) in [4.78, 5) is 18.0. The van der Waals surface area contributed by atoms with Gasteiger partial charge >= 0.3 is 0 Å². The maximum atomic E-state index is 13.5. The van der Waals surface area contributed by atoms with Gasteiger partial charge in [0.1, 0.15) is 0 Å². The van der Waals surface area contributed by atoms with Crippen LogP contribution in [-0.4, -0.2) is 72.7 Å². The lowest BCUT2D eigenvalue weighted by molar-refractivity contribution is -0.139. The molecule has 0 bridgehead atoms. The predicted octanol–water partition coefficient (Wildman–Crippen LogP) is 3.90. The van der Waals surface area contributed by atoms with Gasteiger partial charge in [0.15, 0.2) is 0 Å². The van der Waals surface area contributed by atoms with Gasteiger partial charge in [0.05, 0.1) is 10.9 Å². The average molecular weight is 464 g/mol. The van der Waals surface area contributed by atoms with E-state index in [9.17, 15) is 13.2 Å². The summed E-state index contributed by atoms with van der Waals surface area (Å²) >= 11 is 0. The second-order valence-electron chi connectivity index (χ2n) is 9.81. The summed E-state index contributed by atoms with van der Waals surface area (Å²) in [6.07, 6.45) is 4.14. The second kappa shape index (κ2) is 10.7. The number of nitrogens with zero attached hydrogens (tertiary/aromatic N) is 3. The molecule has 2 aliphatic rings. The molecule has 1 atom stereocenters. The molecule has 1 saturated carbocycles. The number of likely N-dealkylation sites (N-methyl/N-ethyl adjacent to an activating group) is 1. The maximum absolute atomic E-state index is 13.5. The Hall–Kier alpha value is -1.44. The van der Waals surface area contributed by atoms with Crippen molar-refractivity contribution in [1.82, 2.24) is 14.1 Å². The van der Waals surface area contributed by atoms with E-state index in [1.54, 1.807) is 16.4 Å². The van der Waals surface area contributed by atoms with Gasteiger partial charge in [-0.3, -0.25) is 9.69 Å². The molecule has 0 radical (unpaired) electrons. The Balaban J connectivity index is 1.72. The van der Waals surface area contributed by atoms with Crippen LogP contribution in [0.25, 0.3) is 0 Å². The third-order valence-electron chi connectivity index (χ3n) is 6.84. The van der Waals surface area contributed by atoms with E-state index in [1.165, 1.54) is 0 Å². The topological polar surface area (TPSA) is 60.9 Å². The normalized spacial score (nSPS) is 19.2. The van der Waals surface area contributed by atoms with Gasteiger partial charge in [0.2, 0.25) is 15.9 Å². The van der Waals surface area contributed by atoms with E-state index in [2.05, 4.69) is 32.6 Å². The first-order valence-electron chi connectivity index (χ1n) is 12.3. The number of hydrogen-bond donors (Lipinski definition) is 0. The van der Waals surface area contributed by atoms with Crippen molar-refractivity contribution in [1.29, 1.82) is 0 Å². The minimum atomic E-state index is -3.53. The first kappa shape index (κ1) is 25.2. The molecule has 1 saturated heterocycles. The van der Waals surface area contributed by atoms with Crippen LogP contribution in [0.2, 0.25) is 0 Å². The summed E-state index contributed by atoms with van der Waals surface area (Å²) in [6, 6.07) is 7.20. The van der Waals surface area contributed by atoms with Crippen LogP contribution in [0.1, 0.15) is 65.4 Å². The Morgan fingerprint density at radius 2 is 1.66 bits per heavy atom. The van der Waals surface area contributed by atoms with Crippen molar-refractivity contribution >= 4 is 15.9 Å². The van der Waals surface area contributed by atoms with Crippen molar-refractivity contribution in [3.05, 3.63) is 29.8 Å². The summed E-state index contributed by atoms with van der Waals surface area (Å²) in [5.74, 6) is 0.660. The van der Waals surface area contributed by atoms with E-state index >= 15 is 0 Å². The number of sulfonamides is 1. The molecule has 1 aromatic carbocycles. The van der Waals surface area contributed by atoms with Crippen LogP contribution in [0.5, 0.6) is 0 Å². The number of benzene rings is 1. The molecule has 1 amide bonds. The third-order valence-corrected chi connectivity index (χ3v) is 8.84. The summed E-state index contributed by atoms with van der Waals surface area (Å²) in [5.41, 5.74) is 0.954. The number of hydrogen-bond acceptors (Lipinski definition) is 4. The van der Waals surface area contributed by atoms with Gasteiger partial charge in [0, 0.05) is 25.2 Å². The third kappa shape index (κ3) is 5.72. The molecule has 1 heterocycles. The largest absolute Gasteiger partial charge is 0.341 e. The van der Waals surface area contributed by atoms with Gasteiger partial charge in [-0.05, 0) is 75.7 Å². The van der Waals surface area contributed by atoms with Crippen LogP contribution in [0.3, 0.4) is 0 Å². The lowest BCUT2D eigenvalue weighted by Gasteiger charge is -2.40. The summed E-state index contributed by atoms with van der Waals surface area (Å²) < 4.78 is 28.8. The molecule has 32 heavy (non-hydrogen) atoms. The smallest absolute Gasteiger partial charge is 0.243 e. The molecule has 1 aliphatic heterocycles. The van der Waals surface area contributed by atoms with Crippen LogP contribution >= 0.6 is 0 Å². The molecule has 0 N–H and O–H groups in total. The molecule has 3 rings (SSSR count). The van der Waals surface area contributed by atoms with Crippen molar-refractivity contribution < 1.29 is 13.2 Å². The van der Waals surface area contributed by atoms with Crippen molar-refractivity contribution in [3.8, 4) is 0 Å². The molecular weight excluding hydrogens is 422 g/mol. The monoisotopic (exact) mass is 463 g/mol. The molecule has 0 aromatic heterocycles. The van der Waals surface area contributed by atoms with Crippen molar-refractivity contribution in [2.45, 2.75) is 89.7 Å². The van der Waals surface area contributed by atoms with Gasteiger partial charge in [-0.15, -0.1) is 0 Å². The van der Waals surface area contributed by atoms with E-state index in [0.717, 1.165) is 37.9 Å². The molecule has 180 valence electrons. The zero-order chi connectivity index (χ0) is 23.5. The van der Waals surface area contributed by atoms with Crippen molar-refractivity contribution in [2.24, 2.45) is 5.92 Å². The quantitative estimate of drug-likeness (QED) is 0.528. The van der Waals surface area contributed by atoms with Gasteiger partial charge in [-0.2, -0.15) is 4.31 Å². The highest BCUT2D eigenvalue weighted by Crippen LogP contribution is 2.37. The van der Waals surface area contributed by atoms with E-state index in [1.807, 2.05) is 24.0 Å². The Morgan fingerprint density at radius 1 is 1.06 bits per heavy atom. The minimum Gasteiger partial charge on any atom is -0.341 e. The van der Waals surface area contributed by atoms with Gasteiger partial charge in [-0.25, -0.2) is 8.42 Å². The fourth-order valence-corrected chi connectivity index (χ4v) is 7.02. The SMILES string of the molecule is CCN(CC)[C@@H](CC(C)C)C(=O)N1CCC(N(C2CC2)S(=O)(=O)c2cccc(C)c2)CC1. The molecule has 1 aliphatic carbocycles. The van der Waals surface area contributed by atoms with E-state index < -0.39 is 10.0 Å². The van der Waals surface area contributed by atoms with Crippen LogP contribution in [0.15, 0.2) is 29.2 Å². The average Bonchev–Trinajstić information content (AvgIpc) is 3.58. The molecule has 6 nitrogen and oxygen atoms in total. The van der Waals surface area contributed by atoms with Gasteiger partial charge < -0.3 is 4.90 Å². The molecule has 7 heteroatoms. The summed E-state index contributed by atoms with van der Waals surface area (Å²) in [6.45, 7) is 13.5. The highest BCUT2D eigenvalue weighted by atomic mass is 32.2. The zero-order valence-electron chi connectivity index (χ0n) is 20.5. The summed E-state index contributed by atoms with van der Waals surface area (Å²) in [7, 11) is -3.53. The maximum Gasteiger partial charge on any atom is 0.243 e. The number of likely N-dealkylation sites (tertiary alicyclic amines) is 1. The first-order chi connectivity index (χ1) is 15.2. The number of carbonyl (C=O) groups excluding carboxylic acids is 1.